The van der Waals surface area contributed by atoms with Crippen LogP contribution in [-0.4, -0.2) is 29.4 Å². The van der Waals surface area contributed by atoms with Gasteiger partial charge in [0.05, 0.1) is 24.3 Å². The Morgan fingerprint density at radius 3 is 2.88 bits per heavy atom. The molecule has 0 aliphatic rings. The van der Waals surface area contributed by atoms with Gasteiger partial charge in [-0.2, -0.15) is 10.1 Å². The first kappa shape index (κ1) is 8.84. The first-order valence-electron chi connectivity index (χ1n) is 4.69. The Morgan fingerprint density at radius 2 is 2.12 bits per heavy atom. The maximum atomic E-state index is 5.55. The van der Waals surface area contributed by atoms with Crippen molar-refractivity contribution in [1.29, 1.82) is 0 Å². The molecule has 0 aromatic carbocycles. The van der Waals surface area contributed by atoms with Crippen molar-refractivity contribution in [3.05, 3.63) is 24.8 Å². The number of hydrogen-bond acceptors (Lipinski definition) is 5. The molecule has 16 heavy (non-hydrogen) atoms. The molecular weight excluding hydrogens is 206 g/mol. The number of aromatic nitrogens is 6. The molecule has 0 atom stereocenters. The number of nitrogen functional groups attached to an aromatic ring is 1. The van der Waals surface area contributed by atoms with Crippen LogP contribution in [0.5, 0.6) is 0 Å². The Balaban J connectivity index is 2.30. The maximum Gasteiger partial charge on any atom is 0.240 e. The minimum absolute atomic E-state index is 0.234. The van der Waals surface area contributed by atoms with Gasteiger partial charge >= 0.3 is 0 Å². The number of aryl methyl sites for hydroxylation is 1. The number of nitrogens with two attached hydrogens (primary N) is 1. The Bertz CT molecular complexity index is 651. The van der Waals surface area contributed by atoms with Gasteiger partial charge < -0.3 is 5.73 Å². The lowest BCUT2D eigenvalue weighted by atomic mass is 10.3. The topological polar surface area (TPSA) is 86.9 Å². The van der Waals surface area contributed by atoms with Crippen molar-refractivity contribution in [2.75, 3.05) is 5.73 Å². The van der Waals surface area contributed by atoms with Crippen LogP contribution in [0.2, 0.25) is 0 Å². The molecule has 0 aliphatic carbocycles. The Hall–Kier alpha value is -2.44. The molecule has 3 heterocycles. The molecule has 0 saturated carbocycles. The lowest BCUT2D eigenvalue weighted by Gasteiger charge is -1.98. The maximum absolute atomic E-state index is 5.55. The summed E-state index contributed by atoms with van der Waals surface area (Å²) in [6.07, 6.45) is 6.95. The van der Waals surface area contributed by atoms with Gasteiger partial charge in [-0.3, -0.25) is 9.67 Å². The largest absolute Gasteiger partial charge is 0.366 e. The van der Waals surface area contributed by atoms with E-state index in [1.165, 1.54) is 0 Å². The molecule has 0 spiro atoms. The van der Waals surface area contributed by atoms with Gasteiger partial charge in [-0.25, -0.2) is 4.52 Å². The summed E-state index contributed by atoms with van der Waals surface area (Å²) in [6.45, 7) is 0. The quantitative estimate of drug-likeness (QED) is 0.622. The molecule has 0 fully saturated rings. The highest BCUT2D eigenvalue weighted by Crippen LogP contribution is 2.17. The van der Waals surface area contributed by atoms with E-state index < -0.39 is 0 Å². The third-order valence-electron chi connectivity index (χ3n) is 2.26. The molecule has 0 aliphatic heterocycles. The number of fused-ring (bicyclic) bond motifs is 1. The van der Waals surface area contributed by atoms with E-state index in [1.54, 1.807) is 27.8 Å². The molecule has 3 aromatic heterocycles. The van der Waals surface area contributed by atoms with Crippen molar-refractivity contribution >= 4 is 11.6 Å². The summed E-state index contributed by atoms with van der Waals surface area (Å²) in [7, 11) is 1.85. The number of hydrogen-bond donors (Lipinski definition) is 1. The molecular formula is C9H9N7. The van der Waals surface area contributed by atoms with Gasteiger partial charge in [0.25, 0.3) is 0 Å². The van der Waals surface area contributed by atoms with Gasteiger partial charge in [-0.05, 0) is 0 Å². The van der Waals surface area contributed by atoms with Crippen LogP contribution in [0, 0.1) is 0 Å². The van der Waals surface area contributed by atoms with Crippen molar-refractivity contribution in [3.63, 3.8) is 0 Å². The lowest BCUT2D eigenvalue weighted by molar-refractivity contribution is 0.768. The number of nitrogens with zero attached hydrogens (tertiary/aromatic N) is 6. The molecule has 0 amide bonds. The minimum atomic E-state index is 0.234. The van der Waals surface area contributed by atoms with E-state index in [-0.39, 0.29) is 5.95 Å². The van der Waals surface area contributed by atoms with Gasteiger partial charge in [-0.1, -0.05) is 0 Å². The lowest BCUT2D eigenvalue weighted by Crippen LogP contribution is -1.95. The second-order valence-corrected chi connectivity index (χ2v) is 3.44. The van der Waals surface area contributed by atoms with Crippen LogP contribution in [0.1, 0.15) is 0 Å². The van der Waals surface area contributed by atoms with Crippen molar-refractivity contribution in [1.82, 2.24) is 29.4 Å². The summed E-state index contributed by atoms with van der Waals surface area (Å²) >= 11 is 0. The fourth-order valence-corrected chi connectivity index (χ4v) is 1.58. The van der Waals surface area contributed by atoms with Crippen LogP contribution < -0.4 is 5.73 Å². The predicted octanol–water partition coefficient (Wildman–Crippen LogP) is 0.107. The normalized spacial score (nSPS) is 11.1. The molecule has 0 saturated heterocycles. The first-order chi connectivity index (χ1) is 7.74. The molecule has 7 heteroatoms. The van der Waals surface area contributed by atoms with Gasteiger partial charge in [0.1, 0.15) is 0 Å². The third kappa shape index (κ3) is 1.22. The summed E-state index contributed by atoms with van der Waals surface area (Å²) in [5, 5.41) is 8.21. The molecule has 0 bridgehead atoms. The molecule has 0 unspecified atom stereocenters. The van der Waals surface area contributed by atoms with E-state index in [9.17, 15) is 0 Å². The van der Waals surface area contributed by atoms with Gasteiger partial charge in [0, 0.05) is 18.8 Å². The third-order valence-corrected chi connectivity index (χ3v) is 2.26. The Kier molecular flexibility index (Phi) is 1.67. The van der Waals surface area contributed by atoms with Crippen LogP contribution in [0.3, 0.4) is 0 Å². The highest BCUT2D eigenvalue weighted by atomic mass is 15.3. The zero-order valence-corrected chi connectivity index (χ0v) is 8.57. The molecule has 3 aromatic rings. The monoisotopic (exact) mass is 215 g/mol. The Morgan fingerprint density at radius 1 is 1.25 bits per heavy atom. The summed E-state index contributed by atoms with van der Waals surface area (Å²) < 4.78 is 3.37. The fourth-order valence-electron chi connectivity index (χ4n) is 1.58. The fraction of sp³-hybridized carbons (Fsp3) is 0.111. The molecule has 0 radical (unpaired) electrons. The number of rotatable bonds is 1. The van der Waals surface area contributed by atoms with E-state index in [1.807, 2.05) is 13.2 Å². The van der Waals surface area contributed by atoms with Crippen molar-refractivity contribution in [2.24, 2.45) is 7.05 Å². The van der Waals surface area contributed by atoms with Gasteiger partial charge in [0.2, 0.25) is 5.95 Å². The SMILES string of the molecule is Cn1cc(-c2cncc3nc(N)nn23)cn1. The molecule has 2 N–H and O–H groups in total. The van der Waals surface area contributed by atoms with E-state index >= 15 is 0 Å². The van der Waals surface area contributed by atoms with E-state index in [2.05, 4.69) is 20.2 Å². The van der Waals surface area contributed by atoms with Crippen LogP contribution in [0.25, 0.3) is 16.9 Å². The number of anilines is 1. The molecule has 7 nitrogen and oxygen atoms in total. The first-order valence-corrected chi connectivity index (χ1v) is 4.69. The van der Waals surface area contributed by atoms with Crippen molar-refractivity contribution in [3.8, 4) is 11.3 Å². The predicted molar refractivity (Wildman–Crippen MR) is 57.4 cm³/mol. The van der Waals surface area contributed by atoms with Gasteiger partial charge in [-0.15, -0.1) is 5.10 Å². The van der Waals surface area contributed by atoms with Crippen LogP contribution >= 0.6 is 0 Å². The average Bonchev–Trinajstić information content (AvgIpc) is 2.82. The average molecular weight is 215 g/mol. The summed E-state index contributed by atoms with van der Waals surface area (Å²) in [6, 6.07) is 0. The van der Waals surface area contributed by atoms with Crippen LogP contribution in [-0.2, 0) is 7.05 Å². The van der Waals surface area contributed by atoms with E-state index in [4.69, 9.17) is 5.73 Å². The van der Waals surface area contributed by atoms with Gasteiger partial charge in [0.15, 0.2) is 5.65 Å². The van der Waals surface area contributed by atoms with Crippen molar-refractivity contribution < 1.29 is 0 Å². The highest BCUT2D eigenvalue weighted by molar-refractivity contribution is 5.60. The van der Waals surface area contributed by atoms with E-state index in [0.29, 0.717) is 5.65 Å². The van der Waals surface area contributed by atoms with E-state index in [0.717, 1.165) is 11.3 Å². The zero-order valence-electron chi connectivity index (χ0n) is 8.57. The standard InChI is InChI=1S/C9H9N7/c1-15-5-6(2-12-15)7-3-11-4-8-13-9(10)14-16(7)8/h2-5H,1H3,(H2,10,14). The summed E-state index contributed by atoms with van der Waals surface area (Å²) in [5.74, 6) is 0.234. The minimum Gasteiger partial charge on any atom is -0.366 e. The van der Waals surface area contributed by atoms with Crippen LogP contribution in [0.4, 0.5) is 5.95 Å². The Labute approximate surface area is 90.5 Å². The molecule has 3 rings (SSSR count). The summed E-state index contributed by atoms with van der Waals surface area (Å²) in [5.41, 5.74) is 7.91. The summed E-state index contributed by atoms with van der Waals surface area (Å²) in [4.78, 5) is 8.14. The zero-order chi connectivity index (χ0) is 11.1. The van der Waals surface area contributed by atoms with Crippen molar-refractivity contribution in [2.45, 2.75) is 0 Å². The second-order valence-electron chi connectivity index (χ2n) is 3.44. The second kappa shape index (κ2) is 3.02. The smallest absolute Gasteiger partial charge is 0.240 e. The highest BCUT2D eigenvalue weighted by Gasteiger charge is 2.08. The molecule has 80 valence electrons. The van der Waals surface area contributed by atoms with Crippen LogP contribution in [0.15, 0.2) is 24.8 Å².